The predicted octanol–water partition coefficient (Wildman–Crippen LogP) is 2.32. The molecule has 0 aromatic carbocycles. The van der Waals surface area contributed by atoms with Gasteiger partial charge < -0.3 is 4.57 Å². The van der Waals surface area contributed by atoms with Gasteiger partial charge in [-0.2, -0.15) is 0 Å². The minimum atomic E-state index is 0.0934. The molecule has 1 aromatic heterocycles. The molecule has 0 bridgehead atoms. The van der Waals surface area contributed by atoms with Crippen molar-refractivity contribution in [2.24, 2.45) is 5.92 Å². The fourth-order valence-corrected chi connectivity index (χ4v) is 1.67. The topological polar surface area (TPSA) is 34.9 Å². The summed E-state index contributed by atoms with van der Waals surface area (Å²) in [5.74, 6) is 0.336. The molecule has 5 heteroatoms. The van der Waals surface area contributed by atoms with Crippen LogP contribution in [0.4, 0.5) is 0 Å². The molecule has 1 heterocycles. The molecule has 0 saturated carbocycles. The van der Waals surface area contributed by atoms with E-state index >= 15 is 0 Å². The Hall–Kier alpha value is 0.340. The van der Waals surface area contributed by atoms with Crippen LogP contribution in [-0.4, -0.2) is 15.3 Å². The summed E-state index contributed by atoms with van der Waals surface area (Å²) in [7, 11) is 0. The SMILES string of the molecule is CC(C)C(=O)Cn1cnc(I)c1I. The van der Waals surface area contributed by atoms with E-state index in [9.17, 15) is 4.79 Å². The minimum Gasteiger partial charge on any atom is -0.318 e. The van der Waals surface area contributed by atoms with Gasteiger partial charge >= 0.3 is 0 Å². The number of imidazole rings is 1. The van der Waals surface area contributed by atoms with E-state index in [0.29, 0.717) is 6.54 Å². The number of halogens is 2. The standard InChI is InChI=1S/C8H10I2N2O/c1-5(2)6(13)3-12-4-11-7(9)8(12)10/h4-5H,3H2,1-2H3. The van der Waals surface area contributed by atoms with Gasteiger partial charge in [0.05, 0.1) is 12.9 Å². The lowest BCUT2D eigenvalue weighted by molar-refractivity contribution is -0.122. The molecule has 0 aliphatic rings. The highest BCUT2D eigenvalue weighted by atomic mass is 127. The Morgan fingerprint density at radius 2 is 2.23 bits per heavy atom. The largest absolute Gasteiger partial charge is 0.318 e. The van der Waals surface area contributed by atoms with Crippen molar-refractivity contribution < 1.29 is 4.79 Å². The predicted molar refractivity (Wildman–Crippen MR) is 67.5 cm³/mol. The number of Topliss-reactive ketones (excluding diaryl/α,β-unsaturated/α-hetero) is 1. The number of aromatic nitrogens is 2. The number of carbonyl (C=O) groups excluding carboxylic acids is 1. The van der Waals surface area contributed by atoms with Gasteiger partial charge in [0.1, 0.15) is 7.40 Å². The number of rotatable bonds is 3. The normalized spacial score (nSPS) is 10.8. The van der Waals surface area contributed by atoms with Gasteiger partial charge in [0.25, 0.3) is 0 Å². The first-order valence-corrected chi connectivity index (χ1v) is 6.07. The van der Waals surface area contributed by atoms with Crippen LogP contribution >= 0.6 is 45.2 Å². The maximum Gasteiger partial charge on any atom is 0.155 e. The van der Waals surface area contributed by atoms with Crippen molar-refractivity contribution in [1.29, 1.82) is 0 Å². The first-order valence-electron chi connectivity index (χ1n) is 3.91. The fraction of sp³-hybridized carbons (Fsp3) is 0.500. The van der Waals surface area contributed by atoms with Crippen LogP contribution in [0.5, 0.6) is 0 Å². The highest BCUT2D eigenvalue weighted by Gasteiger charge is 2.11. The Balaban J connectivity index is 2.75. The molecule has 0 saturated heterocycles. The van der Waals surface area contributed by atoms with Crippen LogP contribution in [0.3, 0.4) is 0 Å². The van der Waals surface area contributed by atoms with E-state index in [4.69, 9.17) is 0 Å². The molecule has 0 radical (unpaired) electrons. The van der Waals surface area contributed by atoms with Gasteiger partial charge in [-0.15, -0.1) is 0 Å². The maximum atomic E-state index is 11.4. The molecule has 0 amide bonds. The average Bonchev–Trinajstić information content (AvgIpc) is 2.36. The molecule has 1 aromatic rings. The summed E-state index contributed by atoms with van der Waals surface area (Å²) in [5, 5.41) is 0. The second kappa shape index (κ2) is 4.72. The molecule has 0 aliphatic carbocycles. The highest BCUT2D eigenvalue weighted by Crippen LogP contribution is 2.13. The average molecular weight is 404 g/mol. The van der Waals surface area contributed by atoms with E-state index in [2.05, 4.69) is 50.2 Å². The Labute approximate surface area is 105 Å². The Bertz CT molecular complexity index is 320. The van der Waals surface area contributed by atoms with Crippen molar-refractivity contribution in [3.05, 3.63) is 13.7 Å². The number of ketones is 1. The molecular formula is C8H10I2N2O. The summed E-state index contributed by atoms with van der Waals surface area (Å²) in [4.78, 5) is 15.5. The zero-order valence-corrected chi connectivity index (χ0v) is 11.7. The van der Waals surface area contributed by atoms with Crippen LogP contribution in [0, 0.1) is 13.3 Å². The molecule has 1 rings (SSSR count). The van der Waals surface area contributed by atoms with Crippen molar-refractivity contribution in [3.8, 4) is 0 Å². The highest BCUT2D eigenvalue weighted by molar-refractivity contribution is 14.1. The lowest BCUT2D eigenvalue weighted by Gasteiger charge is -2.05. The van der Waals surface area contributed by atoms with Gasteiger partial charge in [0.15, 0.2) is 5.78 Å². The fourth-order valence-electron chi connectivity index (χ4n) is 0.804. The van der Waals surface area contributed by atoms with Crippen LogP contribution in [0.15, 0.2) is 6.33 Å². The smallest absolute Gasteiger partial charge is 0.155 e. The van der Waals surface area contributed by atoms with Crippen LogP contribution in [-0.2, 0) is 11.3 Å². The first kappa shape index (κ1) is 11.4. The maximum absolute atomic E-state index is 11.4. The molecule has 0 spiro atoms. The summed E-state index contributed by atoms with van der Waals surface area (Å²) >= 11 is 4.36. The monoisotopic (exact) mass is 404 g/mol. The van der Waals surface area contributed by atoms with E-state index in [1.54, 1.807) is 6.33 Å². The van der Waals surface area contributed by atoms with E-state index < -0.39 is 0 Å². The third-order valence-electron chi connectivity index (χ3n) is 1.70. The number of hydrogen-bond donors (Lipinski definition) is 0. The number of carbonyl (C=O) groups is 1. The van der Waals surface area contributed by atoms with Crippen molar-refractivity contribution in [3.63, 3.8) is 0 Å². The summed E-state index contributed by atoms with van der Waals surface area (Å²) in [6.45, 7) is 4.26. The van der Waals surface area contributed by atoms with Gasteiger partial charge in [0, 0.05) is 5.92 Å². The van der Waals surface area contributed by atoms with Gasteiger partial charge in [-0.25, -0.2) is 4.98 Å². The molecular weight excluding hydrogens is 394 g/mol. The summed E-state index contributed by atoms with van der Waals surface area (Å²) in [5.41, 5.74) is 0. The minimum absolute atomic E-state index is 0.0934. The van der Waals surface area contributed by atoms with Crippen molar-refractivity contribution in [2.45, 2.75) is 20.4 Å². The summed E-state index contributed by atoms with van der Waals surface area (Å²) in [6, 6.07) is 0. The van der Waals surface area contributed by atoms with Crippen molar-refractivity contribution in [2.75, 3.05) is 0 Å². The van der Waals surface area contributed by atoms with Crippen LogP contribution in [0.1, 0.15) is 13.8 Å². The van der Waals surface area contributed by atoms with E-state index in [0.717, 1.165) is 7.40 Å². The first-order chi connectivity index (χ1) is 6.02. The Morgan fingerprint density at radius 3 is 2.62 bits per heavy atom. The van der Waals surface area contributed by atoms with Crippen molar-refractivity contribution in [1.82, 2.24) is 9.55 Å². The van der Waals surface area contributed by atoms with Gasteiger partial charge in [-0.1, -0.05) is 13.8 Å². The molecule has 0 N–H and O–H groups in total. The zero-order valence-electron chi connectivity index (χ0n) is 7.42. The second-order valence-electron chi connectivity index (χ2n) is 3.08. The van der Waals surface area contributed by atoms with Crippen LogP contribution in [0.25, 0.3) is 0 Å². The van der Waals surface area contributed by atoms with Crippen LogP contribution in [0.2, 0.25) is 0 Å². The van der Waals surface area contributed by atoms with Crippen LogP contribution < -0.4 is 0 Å². The lowest BCUT2D eigenvalue weighted by Crippen LogP contribution is -2.15. The third kappa shape index (κ3) is 2.90. The molecule has 3 nitrogen and oxygen atoms in total. The molecule has 13 heavy (non-hydrogen) atoms. The summed E-state index contributed by atoms with van der Waals surface area (Å²) < 4.78 is 3.87. The number of nitrogens with zero attached hydrogens (tertiary/aromatic N) is 2. The molecule has 72 valence electrons. The van der Waals surface area contributed by atoms with E-state index in [1.807, 2.05) is 18.4 Å². The molecule has 0 atom stereocenters. The molecule has 0 unspecified atom stereocenters. The van der Waals surface area contributed by atoms with E-state index in [-0.39, 0.29) is 11.7 Å². The van der Waals surface area contributed by atoms with Gasteiger partial charge in [-0.05, 0) is 45.2 Å². The van der Waals surface area contributed by atoms with Gasteiger partial charge in [-0.3, -0.25) is 4.79 Å². The lowest BCUT2D eigenvalue weighted by atomic mass is 10.1. The summed E-state index contributed by atoms with van der Waals surface area (Å²) in [6.07, 6.45) is 1.71. The second-order valence-corrected chi connectivity index (χ2v) is 5.12. The van der Waals surface area contributed by atoms with E-state index in [1.165, 1.54) is 0 Å². The molecule has 0 aliphatic heterocycles. The zero-order chi connectivity index (χ0) is 10.0. The Kier molecular flexibility index (Phi) is 4.14. The molecule has 0 fully saturated rings. The quantitative estimate of drug-likeness (QED) is 0.726. The third-order valence-corrected chi connectivity index (χ3v) is 4.66. The number of hydrogen-bond acceptors (Lipinski definition) is 2. The van der Waals surface area contributed by atoms with Crippen molar-refractivity contribution >= 4 is 51.0 Å². The Morgan fingerprint density at radius 1 is 1.62 bits per heavy atom. The van der Waals surface area contributed by atoms with Gasteiger partial charge in [0.2, 0.25) is 0 Å².